The molecule has 1 saturated carbocycles. The maximum atomic E-state index is 12.7. The minimum atomic E-state index is -0.188. The highest BCUT2D eigenvalue weighted by Gasteiger charge is 2.16. The summed E-state index contributed by atoms with van der Waals surface area (Å²) in [6, 6.07) is 11.0. The van der Waals surface area contributed by atoms with Gasteiger partial charge < -0.3 is 15.4 Å². The molecule has 0 atom stereocenters. The second-order valence-corrected chi connectivity index (χ2v) is 8.46. The molecular formula is C23H29N3O3S. The molecule has 1 aliphatic carbocycles. The molecule has 3 rings (SSSR count). The van der Waals surface area contributed by atoms with Crippen LogP contribution in [0.1, 0.15) is 48.0 Å². The number of methoxy groups -OCH3 is 1. The van der Waals surface area contributed by atoms with Crippen molar-refractivity contribution in [1.29, 1.82) is 0 Å². The van der Waals surface area contributed by atoms with E-state index in [1.807, 2.05) is 24.3 Å². The Morgan fingerprint density at radius 1 is 1.10 bits per heavy atom. The average molecular weight is 428 g/mol. The van der Waals surface area contributed by atoms with Crippen LogP contribution in [0.3, 0.4) is 0 Å². The molecule has 1 aliphatic rings. The summed E-state index contributed by atoms with van der Waals surface area (Å²) in [5.74, 6) is 1.23. The summed E-state index contributed by atoms with van der Waals surface area (Å²) in [5, 5.41) is 5.96. The predicted octanol–water partition coefficient (Wildman–Crippen LogP) is 3.81. The first-order valence-electron chi connectivity index (χ1n) is 10.4. The zero-order valence-electron chi connectivity index (χ0n) is 17.4. The predicted molar refractivity (Wildman–Crippen MR) is 119 cm³/mol. The van der Waals surface area contributed by atoms with E-state index in [2.05, 4.69) is 15.6 Å². The molecule has 1 heterocycles. The number of hydrogen-bond acceptors (Lipinski definition) is 5. The number of thioether (sulfide) groups is 1. The Morgan fingerprint density at radius 3 is 2.70 bits per heavy atom. The molecule has 1 fully saturated rings. The van der Waals surface area contributed by atoms with E-state index in [1.165, 1.54) is 43.9 Å². The van der Waals surface area contributed by atoms with Crippen LogP contribution in [0.25, 0.3) is 0 Å². The van der Waals surface area contributed by atoms with Crippen molar-refractivity contribution in [3.63, 3.8) is 0 Å². The average Bonchev–Trinajstić information content (AvgIpc) is 2.81. The van der Waals surface area contributed by atoms with Crippen LogP contribution in [0.15, 0.2) is 47.5 Å². The number of amides is 2. The standard InChI is InChI=1S/C23H29N3O3S/c1-29-23-18(10-7-13-24-23)15-26-22(28)19-11-5-6-12-20(19)30-16-21(27)25-14-17-8-3-2-4-9-17/h5-7,10-13,17H,2-4,8-9,14-16H2,1H3,(H,25,27)(H,26,28). The molecule has 0 bridgehead atoms. The number of pyridine rings is 1. The first-order chi connectivity index (χ1) is 14.7. The molecule has 0 spiro atoms. The van der Waals surface area contributed by atoms with Gasteiger partial charge in [-0.25, -0.2) is 4.98 Å². The normalized spacial score (nSPS) is 14.2. The van der Waals surface area contributed by atoms with Gasteiger partial charge >= 0.3 is 0 Å². The largest absolute Gasteiger partial charge is 0.481 e. The zero-order valence-corrected chi connectivity index (χ0v) is 18.2. The monoisotopic (exact) mass is 427 g/mol. The van der Waals surface area contributed by atoms with E-state index < -0.39 is 0 Å². The van der Waals surface area contributed by atoms with Gasteiger partial charge in [-0.1, -0.05) is 37.5 Å². The lowest BCUT2D eigenvalue weighted by Gasteiger charge is -2.21. The molecule has 30 heavy (non-hydrogen) atoms. The highest BCUT2D eigenvalue weighted by molar-refractivity contribution is 8.00. The molecule has 0 unspecified atom stereocenters. The second-order valence-electron chi connectivity index (χ2n) is 7.45. The molecule has 0 saturated heterocycles. The summed E-state index contributed by atoms with van der Waals surface area (Å²) in [7, 11) is 1.55. The highest BCUT2D eigenvalue weighted by atomic mass is 32.2. The summed E-state index contributed by atoms with van der Waals surface area (Å²) >= 11 is 1.39. The van der Waals surface area contributed by atoms with Gasteiger partial charge in [-0.3, -0.25) is 9.59 Å². The Morgan fingerprint density at radius 2 is 1.90 bits per heavy atom. The highest BCUT2D eigenvalue weighted by Crippen LogP contribution is 2.24. The lowest BCUT2D eigenvalue weighted by Crippen LogP contribution is -2.31. The van der Waals surface area contributed by atoms with Crippen LogP contribution in [0.4, 0.5) is 0 Å². The zero-order chi connectivity index (χ0) is 21.2. The van der Waals surface area contributed by atoms with E-state index in [1.54, 1.807) is 25.4 Å². The van der Waals surface area contributed by atoms with E-state index in [0.29, 0.717) is 29.7 Å². The third-order valence-electron chi connectivity index (χ3n) is 5.29. The Labute approximate surface area is 182 Å². The van der Waals surface area contributed by atoms with E-state index >= 15 is 0 Å². The van der Waals surface area contributed by atoms with Crippen molar-refractivity contribution in [2.24, 2.45) is 5.92 Å². The minimum Gasteiger partial charge on any atom is -0.481 e. The number of ether oxygens (including phenoxy) is 1. The molecule has 160 valence electrons. The summed E-state index contributed by atoms with van der Waals surface area (Å²) in [5.41, 5.74) is 1.37. The minimum absolute atomic E-state index is 0.0147. The van der Waals surface area contributed by atoms with Gasteiger partial charge in [-0.15, -0.1) is 11.8 Å². The van der Waals surface area contributed by atoms with Gasteiger partial charge in [-0.05, 0) is 37.0 Å². The first kappa shape index (κ1) is 22.2. The van der Waals surface area contributed by atoms with Gasteiger partial charge in [0.1, 0.15) is 0 Å². The van der Waals surface area contributed by atoms with Crippen molar-refractivity contribution in [2.75, 3.05) is 19.4 Å². The van der Waals surface area contributed by atoms with Gasteiger partial charge in [0.05, 0.1) is 18.4 Å². The Kier molecular flexibility index (Phi) is 8.56. The second kappa shape index (κ2) is 11.6. The number of rotatable bonds is 9. The van der Waals surface area contributed by atoms with E-state index in [0.717, 1.165) is 17.0 Å². The topological polar surface area (TPSA) is 80.3 Å². The first-order valence-corrected chi connectivity index (χ1v) is 11.4. The number of benzene rings is 1. The van der Waals surface area contributed by atoms with Gasteiger partial charge in [0.2, 0.25) is 11.8 Å². The van der Waals surface area contributed by atoms with Crippen LogP contribution in [0.5, 0.6) is 5.88 Å². The van der Waals surface area contributed by atoms with E-state index in [4.69, 9.17) is 4.74 Å². The van der Waals surface area contributed by atoms with Crippen LogP contribution >= 0.6 is 11.8 Å². The number of carbonyl (C=O) groups excluding carboxylic acids is 2. The maximum absolute atomic E-state index is 12.7. The van der Waals surface area contributed by atoms with Gasteiger partial charge in [0, 0.05) is 29.7 Å². The Bertz CT molecular complexity index is 853. The Hall–Kier alpha value is -2.54. The molecule has 6 nitrogen and oxygen atoms in total. The summed E-state index contributed by atoms with van der Waals surface area (Å²) in [6.07, 6.45) is 7.91. The van der Waals surface area contributed by atoms with Gasteiger partial charge in [0.15, 0.2) is 0 Å². The lowest BCUT2D eigenvalue weighted by molar-refractivity contribution is -0.118. The van der Waals surface area contributed by atoms with Crippen LogP contribution in [0.2, 0.25) is 0 Å². The third kappa shape index (κ3) is 6.49. The SMILES string of the molecule is COc1ncccc1CNC(=O)c1ccccc1SCC(=O)NCC1CCCCC1. The fourth-order valence-corrected chi connectivity index (χ4v) is 4.52. The molecule has 2 aromatic rings. The van der Waals surface area contributed by atoms with Crippen LogP contribution < -0.4 is 15.4 Å². The fourth-order valence-electron chi connectivity index (χ4n) is 3.64. The van der Waals surface area contributed by atoms with Crippen molar-refractivity contribution < 1.29 is 14.3 Å². The summed E-state index contributed by atoms with van der Waals surface area (Å²) in [4.78, 5) is 29.9. The molecule has 1 aromatic carbocycles. The van der Waals surface area contributed by atoms with Gasteiger partial charge in [-0.2, -0.15) is 0 Å². The van der Waals surface area contributed by atoms with Crippen molar-refractivity contribution in [3.8, 4) is 5.88 Å². The molecule has 2 N–H and O–H groups in total. The van der Waals surface area contributed by atoms with Crippen molar-refractivity contribution in [1.82, 2.24) is 15.6 Å². The molecule has 1 aromatic heterocycles. The quantitative estimate of drug-likeness (QED) is 0.595. The van der Waals surface area contributed by atoms with Crippen LogP contribution in [0, 0.1) is 5.92 Å². The molecule has 0 radical (unpaired) electrons. The lowest BCUT2D eigenvalue weighted by atomic mass is 9.89. The molecule has 7 heteroatoms. The third-order valence-corrected chi connectivity index (χ3v) is 6.36. The van der Waals surface area contributed by atoms with Crippen molar-refractivity contribution >= 4 is 23.6 Å². The number of nitrogens with zero attached hydrogens (tertiary/aromatic N) is 1. The van der Waals surface area contributed by atoms with E-state index in [9.17, 15) is 9.59 Å². The summed E-state index contributed by atoms with van der Waals surface area (Å²) in [6.45, 7) is 1.07. The number of nitrogens with one attached hydrogen (secondary N) is 2. The van der Waals surface area contributed by atoms with Crippen LogP contribution in [-0.4, -0.2) is 36.2 Å². The van der Waals surface area contributed by atoms with E-state index in [-0.39, 0.29) is 11.8 Å². The number of hydrogen-bond donors (Lipinski definition) is 2. The molecule has 0 aliphatic heterocycles. The van der Waals surface area contributed by atoms with Crippen LogP contribution in [-0.2, 0) is 11.3 Å². The number of aromatic nitrogens is 1. The Balaban J connectivity index is 1.51. The van der Waals surface area contributed by atoms with Gasteiger partial charge in [0.25, 0.3) is 5.91 Å². The molecule has 2 amide bonds. The summed E-state index contributed by atoms with van der Waals surface area (Å²) < 4.78 is 5.23. The van der Waals surface area contributed by atoms with Crippen molar-refractivity contribution in [3.05, 3.63) is 53.7 Å². The smallest absolute Gasteiger partial charge is 0.252 e. The maximum Gasteiger partial charge on any atom is 0.252 e. The van der Waals surface area contributed by atoms with Crippen molar-refractivity contribution in [2.45, 2.75) is 43.5 Å². The molecular weight excluding hydrogens is 398 g/mol. The number of carbonyl (C=O) groups is 2. The fraction of sp³-hybridized carbons (Fsp3) is 0.435.